The Labute approximate surface area is 399 Å². The van der Waals surface area contributed by atoms with Crippen LogP contribution in [0.25, 0.3) is 123 Å². The summed E-state index contributed by atoms with van der Waals surface area (Å²) in [5, 5.41) is 4.06. The number of aromatic nitrogens is 4. The lowest BCUT2D eigenvalue weighted by molar-refractivity contribution is 0.633. The molecule has 4 heterocycles. The third-order valence-corrected chi connectivity index (χ3v) is 12.7. The SMILES string of the molecule is C=C(/C=C\C=C(/C)c1ccc2oc3c(ccc4c5cc(-c6cccc(-c7cc(-c8ccccc8)nc(-c8ccccc8)n7)c6)ccc5oc43)c2c1)c1cc(-c2ccccc2)nc(-c2ccccc2)n1. The first-order valence-corrected chi connectivity index (χ1v) is 23.0. The summed E-state index contributed by atoms with van der Waals surface area (Å²) in [6, 6.07) is 70.3. The molecular weight excluding hydrogens is 845 g/mol. The molecule has 0 saturated heterocycles. The highest BCUT2D eigenvalue weighted by Gasteiger charge is 2.18. The molecule has 326 valence electrons. The molecule has 0 spiro atoms. The van der Waals surface area contributed by atoms with E-state index >= 15 is 0 Å². The molecule has 0 atom stereocenters. The van der Waals surface area contributed by atoms with Crippen LogP contribution in [-0.2, 0) is 0 Å². The summed E-state index contributed by atoms with van der Waals surface area (Å²) < 4.78 is 13.2. The fourth-order valence-corrected chi connectivity index (χ4v) is 8.99. The molecule has 8 aromatic carbocycles. The van der Waals surface area contributed by atoms with Crippen LogP contribution in [0, 0.1) is 0 Å². The van der Waals surface area contributed by atoms with E-state index in [0.717, 1.165) is 122 Å². The lowest BCUT2D eigenvalue weighted by atomic mass is 9.99. The minimum Gasteiger partial charge on any atom is -0.452 e. The second-order valence-corrected chi connectivity index (χ2v) is 17.1. The van der Waals surface area contributed by atoms with Crippen LogP contribution in [0.1, 0.15) is 18.2 Å². The van der Waals surface area contributed by atoms with Gasteiger partial charge in [-0.2, -0.15) is 0 Å². The molecule has 6 heteroatoms. The van der Waals surface area contributed by atoms with Crippen LogP contribution in [-0.4, -0.2) is 19.9 Å². The first-order valence-electron chi connectivity index (χ1n) is 23.0. The Bertz CT molecular complexity index is 3850. The topological polar surface area (TPSA) is 77.8 Å². The van der Waals surface area contributed by atoms with Crippen molar-refractivity contribution in [3.63, 3.8) is 0 Å². The van der Waals surface area contributed by atoms with Crippen LogP contribution in [0.4, 0.5) is 0 Å². The molecule has 0 radical (unpaired) electrons. The predicted octanol–water partition coefficient (Wildman–Crippen LogP) is 16.7. The molecular formula is C63H42N4O2. The van der Waals surface area contributed by atoms with Crippen molar-refractivity contribution in [3.8, 4) is 67.7 Å². The monoisotopic (exact) mass is 886 g/mol. The van der Waals surface area contributed by atoms with Crippen molar-refractivity contribution in [1.29, 1.82) is 0 Å². The molecule has 0 saturated carbocycles. The second kappa shape index (κ2) is 17.5. The summed E-state index contributed by atoms with van der Waals surface area (Å²) in [5.41, 5.74) is 16.6. The molecule has 0 bridgehead atoms. The summed E-state index contributed by atoms with van der Waals surface area (Å²) in [6.45, 7) is 6.51. The number of fused-ring (bicyclic) bond motifs is 7. The van der Waals surface area contributed by atoms with Crippen LogP contribution in [0.5, 0.6) is 0 Å². The minimum atomic E-state index is 0.663. The number of allylic oxidation sites excluding steroid dienone is 5. The van der Waals surface area contributed by atoms with E-state index in [9.17, 15) is 0 Å². The highest BCUT2D eigenvalue weighted by Crippen LogP contribution is 2.41. The molecule has 12 aromatic rings. The molecule has 0 N–H and O–H groups in total. The Balaban J connectivity index is 0.839. The maximum atomic E-state index is 6.60. The van der Waals surface area contributed by atoms with Crippen LogP contribution >= 0.6 is 0 Å². The van der Waals surface area contributed by atoms with Crippen LogP contribution < -0.4 is 0 Å². The number of furan rings is 2. The van der Waals surface area contributed by atoms with Gasteiger partial charge in [-0.05, 0) is 89.4 Å². The third kappa shape index (κ3) is 8.00. The van der Waals surface area contributed by atoms with Gasteiger partial charge in [0.25, 0.3) is 0 Å². The Kier molecular flexibility index (Phi) is 10.5. The number of hydrogen-bond donors (Lipinski definition) is 0. The van der Waals surface area contributed by atoms with E-state index in [1.165, 1.54) is 0 Å². The molecule has 0 fully saturated rings. The summed E-state index contributed by atoms with van der Waals surface area (Å²) in [7, 11) is 0. The zero-order chi connectivity index (χ0) is 46.3. The first-order chi connectivity index (χ1) is 34.0. The Morgan fingerprint density at radius 1 is 0.406 bits per heavy atom. The smallest absolute Gasteiger partial charge is 0.178 e. The van der Waals surface area contributed by atoms with Crippen molar-refractivity contribution in [2.45, 2.75) is 6.92 Å². The fraction of sp³-hybridized carbons (Fsp3) is 0.0159. The zero-order valence-corrected chi connectivity index (χ0v) is 37.7. The van der Waals surface area contributed by atoms with Crippen molar-refractivity contribution >= 4 is 55.0 Å². The zero-order valence-electron chi connectivity index (χ0n) is 37.7. The lowest BCUT2D eigenvalue weighted by Crippen LogP contribution is -1.97. The van der Waals surface area contributed by atoms with Crippen molar-refractivity contribution in [1.82, 2.24) is 19.9 Å². The highest BCUT2D eigenvalue weighted by atomic mass is 16.4. The van der Waals surface area contributed by atoms with Crippen molar-refractivity contribution in [3.05, 3.63) is 242 Å². The summed E-state index contributed by atoms with van der Waals surface area (Å²) >= 11 is 0. The first kappa shape index (κ1) is 41.2. The van der Waals surface area contributed by atoms with Gasteiger partial charge >= 0.3 is 0 Å². The summed E-state index contributed by atoms with van der Waals surface area (Å²) in [4.78, 5) is 19.9. The Morgan fingerprint density at radius 3 is 1.49 bits per heavy atom. The average molecular weight is 887 g/mol. The van der Waals surface area contributed by atoms with Crippen molar-refractivity contribution in [2.75, 3.05) is 0 Å². The van der Waals surface area contributed by atoms with Gasteiger partial charge in [-0.3, -0.25) is 0 Å². The van der Waals surface area contributed by atoms with E-state index in [1.54, 1.807) is 0 Å². The largest absolute Gasteiger partial charge is 0.452 e. The molecule has 0 aliphatic carbocycles. The van der Waals surface area contributed by atoms with Crippen molar-refractivity contribution in [2.24, 2.45) is 0 Å². The molecule has 6 nitrogen and oxygen atoms in total. The highest BCUT2D eigenvalue weighted by molar-refractivity contribution is 6.19. The van der Waals surface area contributed by atoms with Crippen LogP contribution in [0.15, 0.2) is 240 Å². The molecule has 69 heavy (non-hydrogen) atoms. The summed E-state index contributed by atoms with van der Waals surface area (Å²) in [5.74, 6) is 1.35. The molecule has 0 unspecified atom stereocenters. The number of rotatable bonds is 10. The molecule has 0 aliphatic rings. The van der Waals surface area contributed by atoms with Gasteiger partial charge < -0.3 is 8.83 Å². The maximum Gasteiger partial charge on any atom is 0.178 e. The predicted molar refractivity (Wildman–Crippen MR) is 283 cm³/mol. The standard InChI is InChI=1S/C63H42N4O2/c1-40(17-15-18-41(2)54-38-55(42-19-7-3-8-20-42)65-62(64-54)44-23-11-5-12-24-44)46-29-33-58-52(36-46)50-31-32-51-53-37-48(30-34-59(53)69-61(51)60(50)68-58)47-27-16-28-49(35-47)57-39-56(43-21-9-4-10-22-43)66-63(67-57)45-25-13-6-14-26-45/h3-39H,2H2,1H3/b18-15-,40-17+. The number of nitrogens with zero attached hydrogens (tertiary/aromatic N) is 4. The normalized spacial score (nSPS) is 11.9. The second-order valence-electron chi connectivity index (χ2n) is 17.1. The quantitative estimate of drug-likeness (QED) is 0.127. The van der Waals surface area contributed by atoms with Crippen LogP contribution in [0.2, 0.25) is 0 Å². The van der Waals surface area contributed by atoms with Crippen molar-refractivity contribution < 1.29 is 8.83 Å². The van der Waals surface area contributed by atoms with E-state index in [4.69, 9.17) is 28.8 Å². The average Bonchev–Trinajstić information content (AvgIpc) is 3.99. The maximum absolute atomic E-state index is 6.60. The number of hydrogen-bond acceptors (Lipinski definition) is 6. The molecule has 4 aromatic heterocycles. The van der Waals surface area contributed by atoms with E-state index in [-0.39, 0.29) is 0 Å². The van der Waals surface area contributed by atoms with E-state index in [0.29, 0.717) is 11.6 Å². The molecule has 12 rings (SSSR count). The third-order valence-electron chi connectivity index (χ3n) is 12.7. The van der Waals surface area contributed by atoms with Gasteiger partial charge in [0.2, 0.25) is 0 Å². The Hall–Kier alpha value is -9.26. The van der Waals surface area contributed by atoms with E-state index < -0.39 is 0 Å². The fourth-order valence-electron chi connectivity index (χ4n) is 8.99. The van der Waals surface area contributed by atoms with Gasteiger partial charge in [-0.15, -0.1) is 0 Å². The van der Waals surface area contributed by atoms with E-state index in [1.807, 2.05) is 121 Å². The van der Waals surface area contributed by atoms with Gasteiger partial charge in [0, 0.05) is 49.4 Å². The van der Waals surface area contributed by atoms with Gasteiger partial charge in [0.15, 0.2) is 22.8 Å². The van der Waals surface area contributed by atoms with Gasteiger partial charge in [-0.1, -0.05) is 176 Å². The summed E-state index contributed by atoms with van der Waals surface area (Å²) in [6.07, 6.45) is 6.14. The molecule has 0 aliphatic heterocycles. The van der Waals surface area contributed by atoms with Gasteiger partial charge in [0.05, 0.1) is 22.8 Å². The van der Waals surface area contributed by atoms with Gasteiger partial charge in [0.1, 0.15) is 11.2 Å². The van der Waals surface area contributed by atoms with E-state index in [2.05, 4.69) is 117 Å². The Morgan fingerprint density at radius 2 is 0.884 bits per heavy atom. The van der Waals surface area contributed by atoms with Gasteiger partial charge in [-0.25, -0.2) is 19.9 Å². The molecule has 0 amide bonds. The lowest BCUT2D eigenvalue weighted by Gasteiger charge is -2.10. The minimum absolute atomic E-state index is 0.663. The number of benzene rings is 8. The van der Waals surface area contributed by atoms with Crippen LogP contribution in [0.3, 0.4) is 0 Å².